The van der Waals surface area contributed by atoms with E-state index in [1.54, 1.807) is 0 Å². The summed E-state index contributed by atoms with van der Waals surface area (Å²) < 4.78 is 0. The van der Waals surface area contributed by atoms with E-state index in [9.17, 15) is 0 Å². The van der Waals surface area contributed by atoms with Gasteiger partial charge in [0, 0.05) is 31.7 Å². The van der Waals surface area contributed by atoms with Gasteiger partial charge in [-0.05, 0) is 48.7 Å². The van der Waals surface area contributed by atoms with Crippen LogP contribution in [0.1, 0.15) is 25.3 Å². The number of hydrogen-bond donors (Lipinski definition) is 0. The van der Waals surface area contributed by atoms with Gasteiger partial charge < -0.3 is 0 Å². The summed E-state index contributed by atoms with van der Waals surface area (Å²) in [6, 6.07) is 17.1. The second-order valence-electron chi connectivity index (χ2n) is 6.64. The number of fused-ring (bicyclic) bond motifs is 2. The van der Waals surface area contributed by atoms with Crippen LogP contribution >= 0.6 is 0 Å². The molecule has 2 aromatic rings. The predicted molar refractivity (Wildman–Crippen MR) is 88.4 cm³/mol. The summed E-state index contributed by atoms with van der Waals surface area (Å²) in [6.07, 6.45) is 2.77. The summed E-state index contributed by atoms with van der Waals surface area (Å²) in [4.78, 5) is 5.37. The van der Waals surface area contributed by atoms with Crippen molar-refractivity contribution in [3.05, 3.63) is 48.0 Å². The lowest BCUT2D eigenvalue weighted by molar-refractivity contribution is 0.0471. The molecule has 2 saturated heterocycles. The summed E-state index contributed by atoms with van der Waals surface area (Å²) in [6.45, 7) is 7.30. The van der Waals surface area contributed by atoms with Crippen molar-refractivity contribution in [2.24, 2.45) is 0 Å². The fourth-order valence-electron chi connectivity index (χ4n) is 4.17. The van der Waals surface area contributed by atoms with E-state index in [2.05, 4.69) is 59.2 Å². The fourth-order valence-corrected chi connectivity index (χ4v) is 4.17. The smallest absolute Gasteiger partial charge is 0.0250 e. The van der Waals surface area contributed by atoms with Crippen LogP contribution < -0.4 is 0 Å². The fraction of sp³-hybridized carbons (Fsp3) is 0.474. The first kappa shape index (κ1) is 13.3. The zero-order valence-electron chi connectivity index (χ0n) is 12.8. The third-order valence-electron chi connectivity index (χ3n) is 5.42. The van der Waals surface area contributed by atoms with Crippen molar-refractivity contribution in [3.63, 3.8) is 0 Å². The van der Waals surface area contributed by atoms with Crippen molar-refractivity contribution in [3.8, 4) is 0 Å². The zero-order chi connectivity index (χ0) is 14.2. The third kappa shape index (κ3) is 2.47. The Kier molecular flexibility index (Phi) is 3.44. The quantitative estimate of drug-likeness (QED) is 0.830. The van der Waals surface area contributed by atoms with E-state index in [-0.39, 0.29) is 0 Å². The van der Waals surface area contributed by atoms with E-state index in [1.165, 1.54) is 48.8 Å². The van der Waals surface area contributed by atoms with Gasteiger partial charge in [0.1, 0.15) is 0 Å². The van der Waals surface area contributed by atoms with Crippen molar-refractivity contribution in [1.82, 2.24) is 9.80 Å². The molecule has 0 aliphatic carbocycles. The highest BCUT2D eigenvalue weighted by atomic mass is 15.3. The molecule has 2 aliphatic rings. The van der Waals surface area contributed by atoms with Gasteiger partial charge >= 0.3 is 0 Å². The molecule has 0 N–H and O–H groups in total. The number of hydrogen-bond acceptors (Lipinski definition) is 2. The summed E-state index contributed by atoms with van der Waals surface area (Å²) in [7, 11) is 0. The van der Waals surface area contributed by atoms with Crippen LogP contribution in [0, 0.1) is 0 Å². The van der Waals surface area contributed by atoms with E-state index >= 15 is 0 Å². The SMILES string of the molecule is C[C@H]1[C@H]2CCCN2CCN1Cc1ccc2ccccc2c1. The minimum atomic E-state index is 0.688. The van der Waals surface area contributed by atoms with Gasteiger partial charge in [0.15, 0.2) is 0 Å². The van der Waals surface area contributed by atoms with Gasteiger partial charge in [0.2, 0.25) is 0 Å². The van der Waals surface area contributed by atoms with Crippen LogP contribution in [-0.2, 0) is 6.54 Å². The lowest BCUT2D eigenvalue weighted by atomic mass is 10.0. The highest BCUT2D eigenvalue weighted by Gasteiger charge is 2.36. The number of benzene rings is 2. The van der Waals surface area contributed by atoms with Crippen LogP contribution in [0.4, 0.5) is 0 Å². The maximum Gasteiger partial charge on any atom is 0.0250 e. The van der Waals surface area contributed by atoms with Gasteiger partial charge in [-0.25, -0.2) is 0 Å². The Morgan fingerprint density at radius 2 is 1.86 bits per heavy atom. The Morgan fingerprint density at radius 3 is 2.76 bits per heavy atom. The Hall–Kier alpha value is -1.38. The predicted octanol–water partition coefficient (Wildman–Crippen LogP) is 3.51. The minimum absolute atomic E-state index is 0.688. The molecule has 0 aromatic heterocycles. The Morgan fingerprint density at radius 1 is 1.00 bits per heavy atom. The van der Waals surface area contributed by atoms with Gasteiger partial charge in [0.25, 0.3) is 0 Å². The largest absolute Gasteiger partial charge is 0.298 e. The first-order valence-electron chi connectivity index (χ1n) is 8.27. The average Bonchev–Trinajstić information content (AvgIpc) is 2.99. The third-order valence-corrected chi connectivity index (χ3v) is 5.42. The van der Waals surface area contributed by atoms with E-state index in [4.69, 9.17) is 0 Å². The van der Waals surface area contributed by atoms with Gasteiger partial charge in [0.05, 0.1) is 0 Å². The van der Waals surface area contributed by atoms with E-state index in [1.807, 2.05) is 0 Å². The number of rotatable bonds is 2. The van der Waals surface area contributed by atoms with Crippen molar-refractivity contribution >= 4 is 10.8 Å². The Labute approximate surface area is 127 Å². The van der Waals surface area contributed by atoms with Crippen molar-refractivity contribution < 1.29 is 0 Å². The van der Waals surface area contributed by atoms with Gasteiger partial charge in [-0.3, -0.25) is 9.80 Å². The molecule has 2 fully saturated rings. The van der Waals surface area contributed by atoms with E-state index in [0.29, 0.717) is 6.04 Å². The van der Waals surface area contributed by atoms with Gasteiger partial charge in [-0.2, -0.15) is 0 Å². The summed E-state index contributed by atoms with van der Waals surface area (Å²) in [5.74, 6) is 0. The average molecular weight is 280 g/mol. The topological polar surface area (TPSA) is 6.48 Å². The van der Waals surface area contributed by atoms with Crippen molar-refractivity contribution in [1.29, 1.82) is 0 Å². The minimum Gasteiger partial charge on any atom is -0.298 e. The summed E-state index contributed by atoms with van der Waals surface area (Å²) in [5.41, 5.74) is 1.45. The van der Waals surface area contributed by atoms with Crippen LogP contribution in [0.15, 0.2) is 42.5 Å². The molecule has 0 amide bonds. The van der Waals surface area contributed by atoms with Crippen LogP contribution in [0.2, 0.25) is 0 Å². The highest BCUT2D eigenvalue weighted by molar-refractivity contribution is 5.82. The molecule has 2 nitrogen and oxygen atoms in total. The van der Waals surface area contributed by atoms with Gasteiger partial charge in [-0.15, -0.1) is 0 Å². The Balaban J connectivity index is 1.54. The lowest BCUT2D eigenvalue weighted by Crippen LogP contribution is -2.55. The van der Waals surface area contributed by atoms with Crippen LogP contribution in [-0.4, -0.2) is 41.5 Å². The molecule has 2 atom stereocenters. The van der Waals surface area contributed by atoms with Gasteiger partial charge in [-0.1, -0.05) is 36.4 Å². The molecule has 0 saturated carbocycles. The molecule has 2 aromatic carbocycles. The van der Waals surface area contributed by atoms with E-state index in [0.717, 1.165) is 12.6 Å². The molecular weight excluding hydrogens is 256 g/mol. The molecule has 0 spiro atoms. The summed E-state index contributed by atoms with van der Waals surface area (Å²) in [5, 5.41) is 2.71. The molecule has 0 unspecified atom stereocenters. The second kappa shape index (κ2) is 5.43. The highest BCUT2D eigenvalue weighted by Crippen LogP contribution is 2.28. The lowest BCUT2D eigenvalue weighted by Gasteiger charge is -2.43. The second-order valence-corrected chi connectivity index (χ2v) is 6.64. The van der Waals surface area contributed by atoms with Crippen LogP contribution in [0.3, 0.4) is 0 Å². The molecule has 2 aliphatic heterocycles. The first-order chi connectivity index (χ1) is 10.3. The number of piperazine rings is 1. The van der Waals surface area contributed by atoms with Crippen molar-refractivity contribution in [2.75, 3.05) is 19.6 Å². The molecule has 0 radical (unpaired) electrons. The first-order valence-corrected chi connectivity index (χ1v) is 8.27. The maximum absolute atomic E-state index is 2.70. The van der Waals surface area contributed by atoms with Crippen LogP contribution in [0.5, 0.6) is 0 Å². The molecule has 0 bridgehead atoms. The molecule has 4 rings (SSSR count). The number of nitrogens with zero attached hydrogens (tertiary/aromatic N) is 2. The molecule has 110 valence electrons. The summed E-state index contributed by atoms with van der Waals surface area (Å²) >= 11 is 0. The zero-order valence-corrected chi connectivity index (χ0v) is 12.8. The molecule has 2 heteroatoms. The van der Waals surface area contributed by atoms with Crippen molar-refractivity contribution in [2.45, 2.75) is 38.4 Å². The van der Waals surface area contributed by atoms with E-state index < -0.39 is 0 Å². The maximum atomic E-state index is 2.70. The molecule has 21 heavy (non-hydrogen) atoms. The molecule has 2 heterocycles. The normalized spacial score (nSPS) is 27.1. The monoisotopic (exact) mass is 280 g/mol. The Bertz CT molecular complexity index is 636. The standard InChI is InChI=1S/C19H24N2/c1-15-19-7-4-10-20(19)11-12-21(15)14-16-8-9-17-5-2-3-6-18(17)13-16/h2-3,5-6,8-9,13,15,19H,4,7,10-12,14H2,1H3/t15-,19+/m0/s1. The molecular formula is C19H24N2. The van der Waals surface area contributed by atoms with Crippen LogP contribution in [0.25, 0.3) is 10.8 Å².